The van der Waals surface area contributed by atoms with E-state index in [0.29, 0.717) is 6.20 Å². The largest absolute Gasteiger partial charge is 0.478 e. The lowest BCUT2D eigenvalue weighted by Gasteiger charge is -2.17. The maximum atomic E-state index is 12.6. The third-order valence-electron chi connectivity index (χ3n) is 1.63. The lowest BCUT2D eigenvalue weighted by molar-refractivity contribution is -0.132. The van der Waals surface area contributed by atoms with E-state index in [2.05, 4.69) is 4.99 Å². The Bertz CT molecular complexity index is 352. The van der Waals surface area contributed by atoms with Crippen LogP contribution in [-0.2, 0) is 4.79 Å². The SMILES string of the molecule is CC(C)(C)CN=C(C(=CN)C(=O)O)C(F)(F)F. The number of halogens is 3. The minimum Gasteiger partial charge on any atom is -0.478 e. The van der Waals surface area contributed by atoms with Gasteiger partial charge in [0.05, 0.1) is 0 Å². The average Bonchev–Trinajstić information content (AvgIpc) is 2.07. The zero-order valence-electron chi connectivity index (χ0n) is 9.80. The van der Waals surface area contributed by atoms with Crippen LogP contribution in [0.2, 0.25) is 0 Å². The fraction of sp³-hybridized carbons (Fsp3) is 0.600. The van der Waals surface area contributed by atoms with E-state index in [1.165, 1.54) is 0 Å². The summed E-state index contributed by atoms with van der Waals surface area (Å²) in [6.45, 7) is 4.93. The molecule has 0 unspecified atom stereocenters. The summed E-state index contributed by atoms with van der Waals surface area (Å²) in [5.41, 5.74) is 1.91. The second kappa shape index (κ2) is 5.20. The first kappa shape index (κ1) is 15.5. The molecule has 0 bridgehead atoms. The first-order chi connectivity index (χ1) is 7.49. The van der Waals surface area contributed by atoms with Gasteiger partial charge in [-0.1, -0.05) is 20.8 Å². The number of aliphatic carboxylic acids is 1. The van der Waals surface area contributed by atoms with Gasteiger partial charge in [0.2, 0.25) is 0 Å². The van der Waals surface area contributed by atoms with Gasteiger partial charge in [0.25, 0.3) is 0 Å². The molecule has 0 fully saturated rings. The van der Waals surface area contributed by atoms with Gasteiger partial charge in [-0.3, -0.25) is 4.99 Å². The average molecular weight is 252 g/mol. The Balaban J connectivity index is 5.38. The van der Waals surface area contributed by atoms with Crippen LogP contribution in [0.4, 0.5) is 13.2 Å². The molecule has 0 aliphatic carbocycles. The van der Waals surface area contributed by atoms with Crippen LogP contribution in [0.25, 0.3) is 0 Å². The minimum absolute atomic E-state index is 0.146. The molecule has 4 nitrogen and oxygen atoms in total. The van der Waals surface area contributed by atoms with Crippen LogP contribution in [0.15, 0.2) is 16.8 Å². The number of carboxylic acids is 1. The summed E-state index contributed by atoms with van der Waals surface area (Å²) in [7, 11) is 0. The Morgan fingerprint density at radius 2 is 1.82 bits per heavy atom. The van der Waals surface area contributed by atoms with Crippen molar-refractivity contribution in [3.8, 4) is 0 Å². The van der Waals surface area contributed by atoms with Crippen LogP contribution in [0.3, 0.4) is 0 Å². The van der Waals surface area contributed by atoms with E-state index in [-0.39, 0.29) is 6.54 Å². The normalized spacial score (nSPS) is 14.9. The van der Waals surface area contributed by atoms with E-state index in [1.54, 1.807) is 20.8 Å². The van der Waals surface area contributed by atoms with E-state index in [0.717, 1.165) is 0 Å². The zero-order chi connectivity index (χ0) is 13.9. The number of hydrogen-bond donors (Lipinski definition) is 2. The fourth-order valence-corrected chi connectivity index (χ4v) is 0.895. The summed E-state index contributed by atoms with van der Waals surface area (Å²) in [6.07, 6.45) is -4.44. The highest BCUT2D eigenvalue weighted by Crippen LogP contribution is 2.24. The molecule has 0 aliphatic heterocycles. The molecule has 0 aromatic rings. The summed E-state index contributed by atoms with van der Waals surface area (Å²) in [4.78, 5) is 13.9. The fourth-order valence-electron chi connectivity index (χ4n) is 0.895. The van der Waals surface area contributed by atoms with E-state index in [9.17, 15) is 18.0 Å². The summed E-state index contributed by atoms with van der Waals surface area (Å²) < 4.78 is 37.8. The van der Waals surface area contributed by atoms with Gasteiger partial charge in [-0.25, -0.2) is 4.79 Å². The Labute approximate surface area is 97.0 Å². The predicted octanol–water partition coefficient (Wildman–Crippen LogP) is 1.96. The second-order valence-corrected chi connectivity index (χ2v) is 4.61. The molecule has 0 saturated heterocycles. The van der Waals surface area contributed by atoms with Crippen molar-refractivity contribution in [3.05, 3.63) is 11.8 Å². The maximum absolute atomic E-state index is 12.6. The number of rotatable bonds is 3. The third kappa shape index (κ3) is 5.37. The highest BCUT2D eigenvalue weighted by atomic mass is 19.4. The van der Waals surface area contributed by atoms with Crippen molar-refractivity contribution < 1.29 is 23.1 Å². The van der Waals surface area contributed by atoms with E-state index < -0.39 is 28.8 Å². The lowest BCUT2D eigenvalue weighted by Crippen LogP contribution is -2.30. The summed E-state index contributed by atoms with van der Waals surface area (Å²) in [6, 6.07) is 0. The third-order valence-corrected chi connectivity index (χ3v) is 1.63. The van der Waals surface area contributed by atoms with Crippen LogP contribution < -0.4 is 5.73 Å². The van der Waals surface area contributed by atoms with Crippen LogP contribution in [0.5, 0.6) is 0 Å². The molecule has 98 valence electrons. The summed E-state index contributed by atoms with van der Waals surface area (Å²) >= 11 is 0. The number of hydrogen-bond acceptors (Lipinski definition) is 3. The van der Waals surface area contributed by atoms with E-state index in [1.807, 2.05) is 0 Å². The molecule has 3 N–H and O–H groups in total. The Morgan fingerprint density at radius 1 is 1.35 bits per heavy atom. The van der Waals surface area contributed by atoms with Crippen LogP contribution >= 0.6 is 0 Å². The van der Waals surface area contributed by atoms with Gasteiger partial charge in [0, 0.05) is 12.7 Å². The maximum Gasteiger partial charge on any atom is 0.433 e. The van der Waals surface area contributed by atoms with Crippen molar-refractivity contribution in [1.82, 2.24) is 0 Å². The number of carbonyl (C=O) groups is 1. The molecule has 0 rings (SSSR count). The van der Waals surface area contributed by atoms with E-state index in [4.69, 9.17) is 10.8 Å². The highest BCUT2D eigenvalue weighted by Gasteiger charge is 2.40. The van der Waals surface area contributed by atoms with Crippen molar-refractivity contribution >= 4 is 11.7 Å². The Morgan fingerprint density at radius 3 is 2.06 bits per heavy atom. The molecule has 0 spiro atoms. The first-order valence-electron chi connectivity index (χ1n) is 4.76. The van der Waals surface area contributed by atoms with Crippen molar-refractivity contribution in [2.75, 3.05) is 6.54 Å². The molecule has 7 heteroatoms. The number of nitrogens with two attached hydrogens (primary N) is 1. The molecule has 0 aromatic heterocycles. The monoisotopic (exact) mass is 252 g/mol. The van der Waals surface area contributed by atoms with Crippen LogP contribution in [0, 0.1) is 5.41 Å². The smallest absolute Gasteiger partial charge is 0.433 e. The Kier molecular flexibility index (Phi) is 4.73. The predicted molar refractivity (Wildman–Crippen MR) is 57.7 cm³/mol. The Hall–Kier alpha value is -1.53. The van der Waals surface area contributed by atoms with Crippen molar-refractivity contribution in [1.29, 1.82) is 0 Å². The van der Waals surface area contributed by atoms with Crippen LogP contribution in [-0.4, -0.2) is 29.5 Å². The van der Waals surface area contributed by atoms with Gasteiger partial charge in [-0.2, -0.15) is 13.2 Å². The van der Waals surface area contributed by atoms with Gasteiger partial charge >= 0.3 is 12.1 Å². The minimum atomic E-state index is -4.84. The number of alkyl halides is 3. The lowest BCUT2D eigenvalue weighted by atomic mass is 9.97. The summed E-state index contributed by atoms with van der Waals surface area (Å²) in [5.74, 6) is -1.75. The standard InChI is InChI=1S/C10H15F3N2O2/c1-9(2,3)5-15-7(10(11,12)13)6(4-14)8(16)17/h4H,5,14H2,1-3H3,(H,16,17). The highest BCUT2D eigenvalue weighted by molar-refractivity contribution is 6.21. The topological polar surface area (TPSA) is 75.7 Å². The van der Waals surface area contributed by atoms with Crippen molar-refractivity contribution in [2.45, 2.75) is 26.9 Å². The van der Waals surface area contributed by atoms with Gasteiger partial charge in [0.15, 0.2) is 5.71 Å². The molecule has 0 radical (unpaired) electrons. The number of aliphatic imine (C=N–C) groups is 1. The molecule has 0 aliphatic rings. The molecule has 17 heavy (non-hydrogen) atoms. The summed E-state index contributed by atoms with van der Waals surface area (Å²) in [5, 5.41) is 8.61. The number of nitrogens with zero attached hydrogens (tertiary/aromatic N) is 1. The molecule has 0 heterocycles. The molecular weight excluding hydrogens is 237 g/mol. The van der Waals surface area contributed by atoms with Gasteiger partial charge in [-0.05, 0) is 5.41 Å². The van der Waals surface area contributed by atoms with Crippen LogP contribution in [0.1, 0.15) is 20.8 Å². The first-order valence-corrected chi connectivity index (χ1v) is 4.76. The van der Waals surface area contributed by atoms with Gasteiger partial charge < -0.3 is 10.8 Å². The quantitative estimate of drug-likeness (QED) is 0.595. The molecule has 0 aromatic carbocycles. The molecule has 0 amide bonds. The zero-order valence-corrected chi connectivity index (χ0v) is 9.80. The second-order valence-electron chi connectivity index (χ2n) is 4.61. The van der Waals surface area contributed by atoms with Gasteiger partial charge in [-0.15, -0.1) is 0 Å². The van der Waals surface area contributed by atoms with Gasteiger partial charge in [0.1, 0.15) is 5.57 Å². The van der Waals surface area contributed by atoms with E-state index >= 15 is 0 Å². The van der Waals surface area contributed by atoms with Crippen molar-refractivity contribution in [2.24, 2.45) is 16.1 Å². The molecular formula is C10H15F3N2O2. The molecule has 0 saturated carbocycles. The molecule has 0 atom stereocenters. The number of carboxylic acid groups (broad SMARTS) is 1. The van der Waals surface area contributed by atoms with Crippen molar-refractivity contribution in [3.63, 3.8) is 0 Å².